The summed E-state index contributed by atoms with van der Waals surface area (Å²) in [5, 5.41) is 32.7. The smallest absolute Gasteiger partial charge is 0.322 e. The molecule has 0 saturated carbocycles. The van der Waals surface area contributed by atoms with Crippen molar-refractivity contribution in [2.24, 2.45) is 17.8 Å². The number of aliphatic hydroxyl groups excluding tert-OH is 1. The molecule has 3 unspecified atom stereocenters. The van der Waals surface area contributed by atoms with E-state index in [0.29, 0.717) is 11.7 Å². The molecule has 2 aromatic rings. The number of nitrogens with one attached hydrogen (secondary N) is 1. The molecule has 3 atom stereocenters. The highest BCUT2D eigenvalue weighted by atomic mass is 16.4. The number of amides is 1. The highest BCUT2D eigenvalue weighted by Gasteiger charge is 2.57. The van der Waals surface area contributed by atoms with Gasteiger partial charge in [-0.05, 0) is 60.0 Å². The Bertz CT molecular complexity index is 1570. The van der Waals surface area contributed by atoms with Crippen LogP contribution < -0.4 is 10.2 Å². The van der Waals surface area contributed by atoms with E-state index in [1.54, 1.807) is 6.92 Å². The average Bonchev–Trinajstić information content (AvgIpc) is 3.60. The van der Waals surface area contributed by atoms with Crippen molar-refractivity contribution in [2.45, 2.75) is 58.5 Å². The summed E-state index contributed by atoms with van der Waals surface area (Å²) in [5.74, 6) is -1.53. The Balaban J connectivity index is 1.59. The third kappa shape index (κ3) is 4.16. The van der Waals surface area contributed by atoms with Crippen LogP contribution in [0.2, 0.25) is 0 Å². The number of carbonyl (C=O) groups excluding carboxylic acids is 1. The third-order valence-electron chi connectivity index (χ3n) is 9.91. The lowest BCUT2D eigenvalue weighted by atomic mass is 9.52. The maximum Gasteiger partial charge on any atom is 0.322 e. The molecule has 1 fully saturated rings. The summed E-state index contributed by atoms with van der Waals surface area (Å²) >= 11 is 0. The van der Waals surface area contributed by atoms with Gasteiger partial charge < -0.3 is 25.5 Å². The van der Waals surface area contributed by atoms with Gasteiger partial charge in [0.05, 0.1) is 12.3 Å². The molecule has 1 aromatic carbocycles. The lowest BCUT2D eigenvalue weighted by Crippen LogP contribution is -2.50. The van der Waals surface area contributed by atoms with E-state index < -0.39 is 23.8 Å². The van der Waals surface area contributed by atoms with Crippen molar-refractivity contribution in [3.63, 3.8) is 0 Å². The Labute approximate surface area is 245 Å². The molecule has 220 valence electrons. The predicted octanol–water partition coefficient (Wildman–Crippen LogP) is 4.15. The van der Waals surface area contributed by atoms with Crippen molar-refractivity contribution in [3.8, 4) is 5.75 Å². The zero-order valence-corrected chi connectivity index (χ0v) is 24.5. The van der Waals surface area contributed by atoms with Gasteiger partial charge in [0, 0.05) is 41.6 Å². The van der Waals surface area contributed by atoms with Crippen LogP contribution in [0.3, 0.4) is 0 Å². The fourth-order valence-corrected chi connectivity index (χ4v) is 8.02. The summed E-state index contributed by atoms with van der Waals surface area (Å²) in [6.45, 7) is 9.29. The van der Waals surface area contributed by atoms with Crippen LogP contribution in [-0.2, 0) is 16.8 Å². The van der Waals surface area contributed by atoms with Gasteiger partial charge >= 0.3 is 5.97 Å². The first-order chi connectivity index (χ1) is 20.1. The summed E-state index contributed by atoms with van der Waals surface area (Å²) in [7, 11) is 0. The molecule has 4 N–H and O–H groups in total. The van der Waals surface area contributed by atoms with Gasteiger partial charge in [-0.2, -0.15) is 0 Å². The predicted molar refractivity (Wildman–Crippen MR) is 158 cm³/mol. The third-order valence-corrected chi connectivity index (χ3v) is 9.91. The average molecular weight is 571 g/mol. The molecule has 1 saturated heterocycles. The zero-order valence-electron chi connectivity index (χ0n) is 24.5. The van der Waals surface area contributed by atoms with Gasteiger partial charge in [-0.25, -0.2) is 9.97 Å². The number of fused-ring (bicyclic) bond motifs is 2. The van der Waals surface area contributed by atoms with Gasteiger partial charge in [0.2, 0.25) is 0 Å². The van der Waals surface area contributed by atoms with E-state index in [2.05, 4.69) is 72.4 Å². The van der Waals surface area contributed by atoms with Gasteiger partial charge in [0.15, 0.2) is 11.4 Å². The number of hydrogen-bond acceptors (Lipinski definition) is 7. The first-order valence-electron chi connectivity index (χ1n) is 14.8. The van der Waals surface area contributed by atoms with E-state index in [1.807, 2.05) is 0 Å². The topological polar surface area (TPSA) is 136 Å². The number of anilines is 1. The van der Waals surface area contributed by atoms with E-state index in [-0.39, 0.29) is 41.5 Å². The van der Waals surface area contributed by atoms with E-state index in [0.717, 1.165) is 42.7 Å². The number of aromatic nitrogens is 2. The molecule has 7 aliphatic rings. The van der Waals surface area contributed by atoms with Crippen LogP contribution in [0.5, 0.6) is 5.75 Å². The molecular formula is C33H38N4O5. The molecule has 0 radical (unpaired) electrons. The quantitative estimate of drug-likeness (QED) is 0.372. The molecule has 9 rings (SSSR count). The minimum absolute atomic E-state index is 0.0407. The first kappa shape index (κ1) is 28.2. The fourth-order valence-electron chi connectivity index (χ4n) is 8.02. The number of benzene rings is 1. The van der Waals surface area contributed by atoms with Crippen molar-refractivity contribution in [1.29, 1.82) is 0 Å². The summed E-state index contributed by atoms with van der Waals surface area (Å²) in [4.78, 5) is 35.9. The molecule has 1 amide bonds. The number of rotatable bonds is 8. The van der Waals surface area contributed by atoms with Crippen molar-refractivity contribution in [3.05, 3.63) is 81.5 Å². The van der Waals surface area contributed by atoms with Crippen LogP contribution >= 0.6 is 0 Å². The normalized spacial score (nSPS) is 24.6. The number of aromatic hydroxyl groups is 1. The highest BCUT2D eigenvalue weighted by Crippen LogP contribution is 2.62. The SMILES string of the molecule is Cc1nc(C(C)C2(C3C4=CC(C(C)C)=C3C=C4)c3ccc(c(CO)c3)N3CCC2CC3)nc(C(=O)NCC(=O)O)c1O. The standard InChI is InChI=1S/C33H38N4O5/c1-17(2)25-14-20-5-7-24(25)28(20)33(22-9-11-37(12-10-22)26-8-6-23(33)13-21(26)16-38)18(3)31-35-19(4)30(41)29(36-31)32(42)34-15-27(39)40/h5-8,13-14,17-18,22,28,38,41H,9-12,15-16H2,1-4H3,(H,34,42)(H,39,40). The molecule has 0 spiro atoms. The van der Waals surface area contributed by atoms with Crippen LogP contribution in [0.25, 0.3) is 0 Å². The van der Waals surface area contributed by atoms with Crippen LogP contribution in [0.4, 0.5) is 5.69 Å². The Morgan fingerprint density at radius 1 is 1.14 bits per heavy atom. The van der Waals surface area contributed by atoms with Gasteiger partial charge in [0.25, 0.3) is 5.91 Å². The second kappa shape index (κ2) is 10.4. The number of allylic oxidation sites excluding steroid dienone is 6. The van der Waals surface area contributed by atoms with Crippen molar-refractivity contribution < 1.29 is 24.9 Å². The second-order valence-electron chi connectivity index (χ2n) is 12.3. The largest absolute Gasteiger partial charge is 0.504 e. The lowest BCUT2D eigenvalue weighted by molar-refractivity contribution is -0.135. The fraction of sp³-hybridized carbons (Fsp3) is 0.455. The van der Waals surface area contributed by atoms with Gasteiger partial charge in [-0.3, -0.25) is 9.59 Å². The number of hydrogen-bond donors (Lipinski definition) is 4. The number of aryl methyl sites for hydroxylation is 1. The summed E-state index contributed by atoms with van der Waals surface area (Å²) < 4.78 is 0. The number of carboxylic acids is 1. The molecule has 42 heavy (non-hydrogen) atoms. The molecule has 6 bridgehead atoms. The summed E-state index contributed by atoms with van der Waals surface area (Å²) in [5.41, 5.74) is 6.50. The molecule has 2 aliphatic carbocycles. The maximum atomic E-state index is 13.0. The van der Waals surface area contributed by atoms with Gasteiger partial charge in [0.1, 0.15) is 12.4 Å². The molecule has 1 aromatic heterocycles. The maximum absolute atomic E-state index is 13.0. The number of aliphatic hydroxyl groups is 1. The van der Waals surface area contributed by atoms with Crippen LogP contribution in [0.15, 0.2) is 53.1 Å². The van der Waals surface area contributed by atoms with Crippen LogP contribution in [0, 0.1) is 24.7 Å². The summed E-state index contributed by atoms with van der Waals surface area (Å²) in [6.07, 6.45) is 8.69. The Morgan fingerprint density at radius 2 is 1.88 bits per heavy atom. The molecule has 5 aliphatic heterocycles. The van der Waals surface area contributed by atoms with E-state index in [9.17, 15) is 19.8 Å². The van der Waals surface area contributed by atoms with Gasteiger partial charge in [-0.15, -0.1) is 0 Å². The van der Waals surface area contributed by atoms with E-state index in [1.165, 1.54) is 16.7 Å². The van der Waals surface area contributed by atoms with Crippen LogP contribution in [0.1, 0.15) is 72.7 Å². The highest BCUT2D eigenvalue weighted by molar-refractivity contribution is 5.96. The zero-order chi connectivity index (χ0) is 29.9. The van der Waals surface area contributed by atoms with Crippen molar-refractivity contribution in [2.75, 3.05) is 24.5 Å². The molecular weight excluding hydrogens is 532 g/mol. The lowest BCUT2D eigenvalue weighted by Gasteiger charge is -2.51. The molecule has 6 heterocycles. The molecule has 9 nitrogen and oxygen atoms in total. The number of carbonyl (C=O) groups is 2. The number of nitrogens with zero attached hydrogens (tertiary/aromatic N) is 3. The Kier molecular flexibility index (Phi) is 6.96. The molecule has 9 heteroatoms. The second-order valence-corrected chi connectivity index (χ2v) is 12.3. The first-order valence-corrected chi connectivity index (χ1v) is 14.8. The van der Waals surface area contributed by atoms with E-state index >= 15 is 0 Å². The van der Waals surface area contributed by atoms with Crippen molar-refractivity contribution in [1.82, 2.24) is 15.3 Å². The minimum atomic E-state index is -1.19. The number of aliphatic carboxylic acids is 1. The summed E-state index contributed by atoms with van der Waals surface area (Å²) in [6, 6.07) is 6.49. The van der Waals surface area contributed by atoms with Crippen molar-refractivity contribution >= 4 is 17.6 Å². The van der Waals surface area contributed by atoms with E-state index in [4.69, 9.17) is 10.1 Å². The number of carboxylic acid groups (broad SMARTS) is 1. The van der Waals surface area contributed by atoms with Crippen LogP contribution in [-0.4, -0.2) is 56.8 Å². The Morgan fingerprint density at radius 3 is 2.52 bits per heavy atom. The monoisotopic (exact) mass is 570 g/mol. The number of piperidine rings is 1. The van der Waals surface area contributed by atoms with Gasteiger partial charge in [-0.1, -0.05) is 51.1 Å². The minimum Gasteiger partial charge on any atom is -0.504 e. The Hall–Kier alpha value is -3.98.